The summed E-state index contributed by atoms with van der Waals surface area (Å²) >= 11 is 0. The van der Waals surface area contributed by atoms with Gasteiger partial charge in [0.2, 0.25) is 5.91 Å². The Balaban J connectivity index is 1.78. The Hall–Kier alpha value is -2.36. The Morgan fingerprint density at radius 1 is 1.20 bits per heavy atom. The molecular formula is C16H18N2O2. The predicted octanol–water partition coefficient (Wildman–Crippen LogP) is 3.11. The van der Waals surface area contributed by atoms with Gasteiger partial charge in [0.15, 0.2) is 0 Å². The Morgan fingerprint density at radius 2 is 2.00 bits per heavy atom. The van der Waals surface area contributed by atoms with Crippen molar-refractivity contribution in [1.29, 1.82) is 0 Å². The SMILES string of the molecule is Cc1cccc(OCCC(=O)Nc2cc(C)ccn2)c1. The Morgan fingerprint density at radius 3 is 2.75 bits per heavy atom. The summed E-state index contributed by atoms with van der Waals surface area (Å²) in [5.41, 5.74) is 2.20. The average molecular weight is 270 g/mol. The normalized spacial score (nSPS) is 10.1. The van der Waals surface area contributed by atoms with Crippen LogP contribution < -0.4 is 10.1 Å². The van der Waals surface area contributed by atoms with E-state index in [1.165, 1.54) is 0 Å². The second-order valence-corrected chi connectivity index (χ2v) is 4.68. The number of ether oxygens (including phenoxy) is 1. The van der Waals surface area contributed by atoms with Crippen molar-refractivity contribution in [3.63, 3.8) is 0 Å². The van der Waals surface area contributed by atoms with Crippen LogP contribution in [0.5, 0.6) is 5.75 Å². The van der Waals surface area contributed by atoms with Gasteiger partial charge in [-0.3, -0.25) is 4.79 Å². The van der Waals surface area contributed by atoms with E-state index >= 15 is 0 Å². The van der Waals surface area contributed by atoms with Crippen molar-refractivity contribution in [2.45, 2.75) is 20.3 Å². The molecule has 0 fully saturated rings. The smallest absolute Gasteiger partial charge is 0.228 e. The first-order valence-corrected chi connectivity index (χ1v) is 6.55. The number of amides is 1. The van der Waals surface area contributed by atoms with Gasteiger partial charge in [-0.05, 0) is 49.2 Å². The summed E-state index contributed by atoms with van der Waals surface area (Å²) in [6.07, 6.45) is 1.97. The summed E-state index contributed by atoms with van der Waals surface area (Å²) < 4.78 is 5.54. The molecule has 1 N–H and O–H groups in total. The number of hydrogen-bond acceptors (Lipinski definition) is 3. The van der Waals surface area contributed by atoms with Crippen LogP contribution in [0.25, 0.3) is 0 Å². The second-order valence-electron chi connectivity index (χ2n) is 4.68. The summed E-state index contributed by atoms with van der Waals surface area (Å²) in [4.78, 5) is 15.8. The maximum absolute atomic E-state index is 11.7. The molecule has 4 nitrogen and oxygen atoms in total. The molecule has 0 saturated heterocycles. The molecule has 0 saturated carbocycles. The number of hydrogen-bond donors (Lipinski definition) is 1. The van der Waals surface area contributed by atoms with Crippen molar-refractivity contribution in [3.05, 3.63) is 53.7 Å². The molecule has 2 rings (SSSR count). The van der Waals surface area contributed by atoms with Gasteiger partial charge in [0.1, 0.15) is 11.6 Å². The number of nitrogens with zero attached hydrogens (tertiary/aromatic N) is 1. The highest BCUT2D eigenvalue weighted by Crippen LogP contribution is 2.12. The lowest BCUT2D eigenvalue weighted by molar-refractivity contribution is -0.116. The van der Waals surface area contributed by atoms with Crippen molar-refractivity contribution in [2.24, 2.45) is 0 Å². The maximum Gasteiger partial charge on any atom is 0.228 e. The zero-order chi connectivity index (χ0) is 14.4. The minimum absolute atomic E-state index is 0.101. The van der Waals surface area contributed by atoms with Crippen LogP contribution in [-0.4, -0.2) is 17.5 Å². The number of pyridine rings is 1. The molecule has 0 bridgehead atoms. The van der Waals surface area contributed by atoms with E-state index in [0.29, 0.717) is 18.8 Å². The number of rotatable bonds is 5. The van der Waals surface area contributed by atoms with Gasteiger partial charge in [-0.2, -0.15) is 0 Å². The Bertz CT molecular complexity index is 597. The standard InChI is InChI=1S/C16H18N2O2/c1-12-4-3-5-14(10-12)20-9-7-16(19)18-15-11-13(2)6-8-17-15/h3-6,8,10-11H,7,9H2,1-2H3,(H,17,18,19). The summed E-state index contributed by atoms with van der Waals surface area (Å²) in [5, 5.41) is 2.75. The van der Waals surface area contributed by atoms with Gasteiger partial charge in [0.05, 0.1) is 13.0 Å². The summed E-state index contributed by atoms with van der Waals surface area (Å²) in [5.74, 6) is 1.26. The molecule has 0 spiro atoms. The topological polar surface area (TPSA) is 51.2 Å². The fraction of sp³-hybridized carbons (Fsp3) is 0.250. The number of anilines is 1. The molecule has 0 atom stereocenters. The molecule has 0 aliphatic rings. The summed E-state index contributed by atoms with van der Waals surface area (Å²) in [6.45, 7) is 4.31. The molecular weight excluding hydrogens is 252 g/mol. The maximum atomic E-state index is 11.7. The fourth-order valence-corrected chi connectivity index (χ4v) is 1.78. The summed E-state index contributed by atoms with van der Waals surface area (Å²) in [6, 6.07) is 11.5. The van der Waals surface area contributed by atoms with E-state index in [2.05, 4.69) is 10.3 Å². The first-order chi connectivity index (χ1) is 9.63. The monoisotopic (exact) mass is 270 g/mol. The molecule has 1 amide bonds. The molecule has 0 aliphatic carbocycles. The number of aryl methyl sites for hydroxylation is 2. The molecule has 0 unspecified atom stereocenters. The van der Waals surface area contributed by atoms with Gasteiger partial charge < -0.3 is 10.1 Å². The zero-order valence-electron chi connectivity index (χ0n) is 11.7. The minimum atomic E-state index is -0.101. The van der Waals surface area contributed by atoms with Crippen LogP contribution in [0.15, 0.2) is 42.6 Å². The van der Waals surface area contributed by atoms with Crippen LogP contribution in [0.3, 0.4) is 0 Å². The summed E-state index contributed by atoms with van der Waals surface area (Å²) in [7, 11) is 0. The number of carbonyl (C=O) groups is 1. The predicted molar refractivity (Wildman–Crippen MR) is 78.9 cm³/mol. The number of benzene rings is 1. The molecule has 1 aromatic heterocycles. The zero-order valence-corrected chi connectivity index (χ0v) is 11.7. The molecule has 0 radical (unpaired) electrons. The highest BCUT2D eigenvalue weighted by Gasteiger charge is 2.04. The van der Waals surface area contributed by atoms with Gasteiger partial charge >= 0.3 is 0 Å². The third-order valence-corrected chi connectivity index (χ3v) is 2.77. The minimum Gasteiger partial charge on any atom is -0.493 e. The van der Waals surface area contributed by atoms with Gasteiger partial charge in [-0.15, -0.1) is 0 Å². The fourth-order valence-electron chi connectivity index (χ4n) is 1.78. The van der Waals surface area contributed by atoms with Crippen LogP contribution in [0, 0.1) is 13.8 Å². The number of carbonyl (C=O) groups excluding carboxylic acids is 1. The van der Waals surface area contributed by atoms with Crippen molar-refractivity contribution >= 4 is 11.7 Å². The molecule has 104 valence electrons. The molecule has 4 heteroatoms. The number of nitrogens with one attached hydrogen (secondary N) is 1. The van der Waals surface area contributed by atoms with E-state index in [9.17, 15) is 4.79 Å². The molecule has 1 heterocycles. The molecule has 20 heavy (non-hydrogen) atoms. The van der Waals surface area contributed by atoms with E-state index < -0.39 is 0 Å². The average Bonchev–Trinajstić information content (AvgIpc) is 2.38. The third kappa shape index (κ3) is 4.39. The van der Waals surface area contributed by atoms with E-state index in [0.717, 1.165) is 16.9 Å². The van der Waals surface area contributed by atoms with Crippen LogP contribution >= 0.6 is 0 Å². The van der Waals surface area contributed by atoms with Gasteiger partial charge in [-0.25, -0.2) is 4.98 Å². The molecule has 2 aromatic rings. The number of aromatic nitrogens is 1. The van der Waals surface area contributed by atoms with E-state index in [4.69, 9.17) is 4.74 Å². The van der Waals surface area contributed by atoms with Crippen LogP contribution in [0.4, 0.5) is 5.82 Å². The van der Waals surface area contributed by atoms with Gasteiger partial charge in [-0.1, -0.05) is 12.1 Å². The van der Waals surface area contributed by atoms with Crippen LogP contribution in [0.1, 0.15) is 17.5 Å². The third-order valence-electron chi connectivity index (χ3n) is 2.77. The van der Waals surface area contributed by atoms with Crippen LogP contribution in [-0.2, 0) is 4.79 Å². The van der Waals surface area contributed by atoms with Crippen molar-refractivity contribution in [2.75, 3.05) is 11.9 Å². The highest BCUT2D eigenvalue weighted by molar-refractivity contribution is 5.89. The van der Waals surface area contributed by atoms with Crippen LogP contribution in [0.2, 0.25) is 0 Å². The van der Waals surface area contributed by atoms with E-state index in [-0.39, 0.29) is 5.91 Å². The van der Waals surface area contributed by atoms with Crippen molar-refractivity contribution in [1.82, 2.24) is 4.98 Å². The van der Waals surface area contributed by atoms with E-state index in [1.54, 1.807) is 6.20 Å². The lowest BCUT2D eigenvalue weighted by Gasteiger charge is -2.07. The lowest BCUT2D eigenvalue weighted by Crippen LogP contribution is -2.16. The quantitative estimate of drug-likeness (QED) is 0.908. The van der Waals surface area contributed by atoms with Gasteiger partial charge in [0.25, 0.3) is 0 Å². The lowest BCUT2D eigenvalue weighted by atomic mass is 10.2. The second kappa shape index (κ2) is 6.70. The first kappa shape index (κ1) is 14.1. The van der Waals surface area contributed by atoms with Crippen molar-refractivity contribution < 1.29 is 9.53 Å². The van der Waals surface area contributed by atoms with Gasteiger partial charge in [0, 0.05) is 6.20 Å². The largest absolute Gasteiger partial charge is 0.493 e. The highest BCUT2D eigenvalue weighted by atomic mass is 16.5. The van der Waals surface area contributed by atoms with E-state index in [1.807, 2.05) is 50.2 Å². The Labute approximate surface area is 118 Å². The Kier molecular flexibility index (Phi) is 4.71. The first-order valence-electron chi connectivity index (χ1n) is 6.55. The van der Waals surface area contributed by atoms with Crippen molar-refractivity contribution in [3.8, 4) is 5.75 Å². The molecule has 1 aromatic carbocycles. The molecule has 0 aliphatic heterocycles.